The minimum absolute atomic E-state index is 0.0641. The van der Waals surface area contributed by atoms with Crippen LogP contribution in [0.5, 0.6) is 0 Å². The van der Waals surface area contributed by atoms with Crippen molar-refractivity contribution in [2.45, 2.75) is 39.4 Å². The van der Waals surface area contributed by atoms with Crippen LogP contribution in [0.2, 0.25) is 0 Å². The second kappa shape index (κ2) is 7.41. The van der Waals surface area contributed by atoms with Crippen LogP contribution in [0.3, 0.4) is 0 Å². The molecule has 1 aliphatic heterocycles. The van der Waals surface area contributed by atoms with Gasteiger partial charge >= 0.3 is 5.97 Å². The van der Waals surface area contributed by atoms with E-state index in [9.17, 15) is 4.79 Å². The molecule has 0 spiro atoms. The van der Waals surface area contributed by atoms with Crippen molar-refractivity contribution < 1.29 is 19.0 Å². The molecule has 1 unspecified atom stereocenters. The molecule has 0 aromatic carbocycles. The molecule has 0 aromatic heterocycles. The van der Waals surface area contributed by atoms with E-state index < -0.39 is 0 Å². The summed E-state index contributed by atoms with van der Waals surface area (Å²) in [6, 6.07) is 0. The monoisotopic (exact) mass is 228 g/mol. The molecule has 1 fully saturated rings. The fourth-order valence-corrected chi connectivity index (χ4v) is 1.43. The quantitative estimate of drug-likeness (QED) is 0.533. The summed E-state index contributed by atoms with van der Waals surface area (Å²) in [5.41, 5.74) is 1.05. The molecule has 92 valence electrons. The lowest BCUT2D eigenvalue weighted by atomic mass is 10.2. The third-order valence-corrected chi connectivity index (χ3v) is 2.35. The first-order chi connectivity index (χ1) is 7.68. The smallest absolute Gasteiger partial charge is 0.302 e. The Morgan fingerprint density at radius 1 is 1.44 bits per heavy atom. The van der Waals surface area contributed by atoms with E-state index in [1.165, 1.54) is 13.3 Å². The molecule has 0 aromatic rings. The second-order valence-corrected chi connectivity index (χ2v) is 3.96. The molecule has 0 amide bonds. The lowest BCUT2D eigenvalue weighted by Gasteiger charge is -2.22. The van der Waals surface area contributed by atoms with Gasteiger partial charge in [-0.3, -0.25) is 4.79 Å². The number of carbonyl (C=O) groups is 1. The lowest BCUT2D eigenvalue weighted by molar-refractivity contribution is -0.157. The van der Waals surface area contributed by atoms with Gasteiger partial charge in [-0.05, 0) is 37.8 Å². The van der Waals surface area contributed by atoms with Gasteiger partial charge in [0.05, 0.1) is 6.61 Å². The van der Waals surface area contributed by atoms with Gasteiger partial charge in [-0.1, -0.05) is 0 Å². The Bertz CT molecular complexity index is 241. The summed E-state index contributed by atoms with van der Waals surface area (Å²) in [6.45, 7) is 4.99. The molecular formula is C12H20O4. The van der Waals surface area contributed by atoms with Crippen LogP contribution in [0.25, 0.3) is 0 Å². The highest BCUT2D eigenvalue weighted by Gasteiger charge is 2.13. The number of rotatable bonds is 5. The van der Waals surface area contributed by atoms with Crippen LogP contribution in [-0.4, -0.2) is 32.1 Å². The topological polar surface area (TPSA) is 44.8 Å². The van der Waals surface area contributed by atoms with Crippen molar-refractivity contribution in [2.24, 2.45) is 0 Å². The third kappa shape index (κ3) is 5.88. The molecule has 0 N–H and O–H groups in total. The van der Waals surface area contributed by atoms with Crippen molar-refractivity contribution in [3.05, 3.63) is 11.6 Å². The van der Waals surface area contributed by atoms with E-state index in [2.05, 4.69) is 0 Å². The number of carbonyl (C=O) groups excluding carboxylic acids is 1. The minimum Gasteiger partial charge on any atom is -0.462 e. The molecular weight excluding hydrogens is 208 g/mol. The van der Waals surface area contributed by atoms with Gasteiger partial charge in [0, 0.05) is 13.5 Å². The highest BCUT2D eigenvalue weighted by atomic mass is 16.7. The van der Waals surface area contributed by atoms with Crippen molar-refractivity contribution in [3.63, 3.8) is 0 Å². The molecule has 0 saturated carbocycles. The predicted molar refractivity (Wildman–Crippen MR) is 59.9 cm³/mol. The maximum absolute atomic E-state index is 10.5. The van der Waals surface area contributed by atoms with Gasteiger partial charge in [-0.25, -0.2) is 0 Å². The van der Waals surface area contributed by atoms with Crippen molar-refractivity contribution in [1.82, 2.24) is 0 Å². The van der Waals surface area contributed by atoms with Crippen molar-refractivity contribution in [3.8, 4) is 0 Å². The Morgan fingerprint density at radius 3 is 2.88 bits per heavy atom. The molecule has 1 aliphatic rings. The molecule has 16 heavy (non-hydrogen) atoms. The predicted octanol–water partition coefficient (Wildman–Crippen LogP) is 2.04. The van der Waals surface area contributed by atoms with Crippen molar-refractivity contribution in [2.75, 3.05) is 19.8 Å². The van der Waals surface area contributed by atoms with E-state index in [4.69, 9.17) is 14.2 Å². The first-order valence-electron chi connectivity index (χ1n) is 5.70. The van der Waals surface area contributed by atoms with Crippen LogP contribution in [0.15, 0.2) is 11.6 Å². The summed E-state index contributed by atoms with van der Waals surface area (Å²) < 4.78 is 15.8. The molecule has 0 radical (unpaired) electrons. The third-order valence-electron chi connectivity index (χ3n) is 2.35. The van der Waals surface area contributed by atoms with Gasteiger partial charge in [-0.2, -0.15) is 0 Å². The summed E-state index contributed by atoms with van der Waals surface area (Å²) >= 11 is 0. The van der Waals surface area contributed by atoms with E-state index in [0.717, 1.165) is 25.0 Å². The Balaban J connectivity index is 2.12. The van der Waals surface area contributed by atoms with Crippen LogP contribution >= 0.6 is 0 Å². The van der Waals surface area contributed by atoms with Crippen LogP contribution < -0.4 is 0 Å². The Morgan fingerprint density at radius 2 is 2.25 bits per heavy atom. The zero-order valence-electron chi connectivity index (χ0n) is 10.0. The zero-order valence-corrected chi connectivity index (χ0v) is 10.0. The van der Waals surface area contributed by atoms with E-state index in [1.807, 2.05) is 13.0 Å². The van der Waals surface area contributed by atoms with Gasteiger partial charge < -0.3 is 14.2 Å². The van der Waals surface area contributed by atoms with Crippen LogP contribution in [0.4, 0.5) is 0 Å². The first-order valence-corrected chi connectivity index (χ1v) is 5.70. The first kappa shape index (κ1) is 13.2. The highest BCUT2D eigenvalue weighted by molar-refractivity contribution is 5.66. The van der Waals surface area contributed by atoms with Gasteiger partial charge in [-0.15, -0.1) is 0 Å². The molecule has 0 bridgehead atoms. The molecule has 1 atom stereocenters. The summed E-state index contributed by atoms with van der Waals surface area (Å²) in [7, 11) is 0. The number of esters is 1. The van der Waals surface area contributed by atoms with E-state index in [1.54, 1.807) is 0 Å². The van der Waals surface area contributed by atoms with E-state index in [0.29, 0.717) is 13.2 Å². The maximum atomic E-state index is 10.5. The summed E-state index contributed by atoms with van der Waals surface area (Å²) in [6.07, 6.45) is 5.05. The number of ether oxygens (including phenoxy) is 3. The summed E-state index contributed by atoms with van der Waals surface area (Å²) in [5.74, 6) is -0.263. The number of hydrogen-bond acceptors (Lipinski definition) is 4. The molecule has 1 heterocycles. The lowest BCUT2D eigenvalue weighted by Crippen LogP contribution is -2.22. The normalized spacial score (nSPS) is 21.9. The highest BCUT2D eigenvalue weighted by Crippen LogP contribution is 2.14. The fourth-order valence-electron chi connectivity index (χ4n) is 1.43. The van der Waals surface area contributed by atoms with Crippen molar-refractivity contribution >= 4 is 5.97 Å². The van der Waals surface area contributed by atoms with Gasteiger partial charge in [0.1, 0.15) is 6.61 Å². The standard InChI is InChI=1S/C12H20O4/c1-10(6-8-14-11(2)13)9-16-12-5-3-4-7-15-12/h6,12H,3-5,7-9H2,1-2H3. The average Bonchev–Trinajstić information content (AvgIpc) is 2.27. The minimum atomic E-state index is -0.263. The summed E-state index contributed by atoms with van der Waals surface area (Å²) in [4.78, 5) is 10.5. The molecule has 0 aliphatic carbocycles. The zero-order chi connectivity index (χ0) is 11.8. The van der Waals surface area contributed by atoms with Crippen LogP contribution in [-0.2, 0) is 19.0 Å². The van der Waals surface area contributed by atoms with E-state index >= 15 is 0 Å². The maximum Gasteiger partial charge on any atom is 0.302 e. The SMILES string of the molecule is CC(=O)OCC=C(C)COC1CCCCO1. The Hall–Kier alpha value is -0.870. The Labute approximate surface area is 96.6 Å². The Kier molecular flexibility index (Phi) is 6.11. The average molecular weight is 228 g/mol. The summed E-state index contributed by atoms with van der Waals surface area (Å²) in [5, 5.41) is 0. The van der Waals surface area contributed by atoms with Crippen LogP contribution in [0, 0.1) is 0 Å². The van der Waals surface area contributed by atoms with Gasteiger partial charge in [0.25, 0.3) is 0 Å². The molecule has 1 saturated heterocycles. The molecule has 4 heteroatoms. The molecule has 4 nitrogen and oxygen atoms in total. The van der Waals surface area contributed by atoms with Gasteiger partial charge in [0.2, 0.25) is 0 Å². The van der Waals surface area contributed by atoms with E-state index in [-0.39, 0.29) is 12.3 Å². The second-order valence-electron chi connectivity index (χ2n) is 3.96. The van der Waals surface area contributed by atoms with Crippen molar-refractivity contribution in [1.29, 1.82) is 0 Å². The molecule has 1 rings (SSSR count). The number of hydrogen-bond donors (Lipinski definition) is 0. The van der Waals surface area contributed by atoms with Gasteiger partial charge in [0.15, 0.2) is 6.29 Å². The largest absolute Gasteiger partial charge is 0.462 e. The fraction of sp³-hybridized carbons (Fsp3) is 0.750. The van der Waals surface area contributed by atoms with Crippen LogP contribution in [0.1, 0.15) is 33.1 Å².